The van der Waals surface area contributed by atoms with E-state index in [1.807, 2.05) is 6.92 Å². The molecule has 8 heteroatoms. The maximum atomic E-state index is 12.1. The van der Waals surface area contributed by atoms with Crippen molar-refractivity contribution in [1.29, 1.82) is 0 Å². The molecule has 2 aromatic rings. The van der Waals surface area contributed by atoms with Gasteiger partial charge in [-0.15, -0.1) is 11.3 Å². The van der Waals surface area contributed by atoms with Crippen LogP contribution in [0.4, 0.5) is 0 Å². The van der Waals surface area contributed by atoms with E-state index in [2.05, 4.69) is 15.0 Å². The Morgan fingerprint density at radius 2 is 2.21 bits per heavy atom. The number of carbonyl (C=O) groups is 2. The van der Waals surface area contributed by atoms with E-state index in [1.54, 1.807) is 13.2 Å². The van der Waals surface area contributed by atoms with Gasteiger partial charge in [0.1, 0.15) is 0 Å². The standard InChI is InChI=1S/C11H12N4O3S/c1-6-12-3-7(19-6)4-15(2)10(16)8-9(11(17)18)14-5-13-8/h3,5H,4H2,1-2H3,(H,13,14)(H,17,18). The number of carboxylic acid groups (broad SMARTS) is 1. The van der Waals surface area contributed by atoms with Gasteiger partial charge in [-0.2, -0.15) is 0 Å². The van der Waals surface area contributed by atoms with Gasteiger partial charge >= 0.3 is 5.97 Å². The molecule has 19 heavy (non-hydrogen) atoms. The first-order chi connectivity index (χ1) is 8.99. The quantitative estimate of drug-likeness (QED) is 0.875. The van der Waals surface area contributed by atoms with Crippen molar-refractivity contribution in [3.63, 3.8) is 0 Å². The number of nitrogens with one attached hydrogen (secondary N) is 1. The first-order valence-electron chi connectivity index (χ1n) is 5.42. The van der Waals surface area contributed by atoms with Gasteiger partial charge in [0.2, 0.25) is 0 Å². The zero-order valence-corrected chi connectivity index (χ0v) is 11.2. The molecule has 0 unspecified atom stereocenters. The zero-order chi connectivity index (χ0) is 14.0. The van der Waals surface area contributed by atoms with Crippen LogP contribution in [0.25, 0.3) is 0 Å². The molecule has 0 aliphatic carbocycles. The minimum absolute atomic E-state index is 0.0868. The number of amides is 1. The summed E-state index contributed by atoms with van der Waals surface area (Å²) in [5, 5.41) is 9.85. The average Bonchev–Trinajstić information content (AvgIpc) is 2.97. The van der Waals surface area contributed by atoms with Gasteiger partial charge in [0.25, 0.3) is 5.91 Å². The third-order valence-corrected chi connectivity index (χ3v) is 3.36. The predicted molar refractivity (Wildman–Crippen MR) is 68.2 cm³/mol. The highest BCUT2D eigenvalue weighted by molar-refractivity contribution is 7.11. The van der Waals surface area contributed by atoms with Crippen molar-refractivity contribution >= 4 is 23.2 Å². The van der Waals surface area contributed by atoms with Crippen molar-refractivity contribution in [2.45, 2.75) is 13.5 Å². The van der Waals surface area contributed by atoms with Crippen molar-refractivity contribution in [3.05, 3.63) is 33.8 Å². The Labute approximate surface area is 112 Å². The second kappa shape index (κ2) is 5.19. The Morgan fingerprint density at radius 1 is 1.47 bits per heavy atom. The summed E-state index contributed by atoms with van der Waals surface area (Å²) in [7, 11) is 1.59. The molecule has 0 bridgehead atoms. The lowest BCUT2D eigenvalue weighted by Gasteiger charge is -2.14. The van der Waals surface area contributed by atoms with Gasteiger partial charge in [-0.05, 0) is 6.92 Å². The maximum absolute atomic E-state index is 12.1. The Bertz CT molecular complexity index is 619. The van der Waals surface area contributed by atoms with Gasteiger partial charge in [-0.1, -0.05) is 0 Å². The molecule has 2 rings (SSSR count). The van der Waals surface area contributed by atoms with Crippen molar-refractivity contribution in [2.24, 2.45) is 0 Å². The van der Waals surface area contributed by atoms with Gasteiger partial charge in [-0.3, -0.25) is 4.79 Å². The van der Waals surface area contributed by atoms with E-state index in [0.29, 0.717) is 6.54 Å². The number of rotatable bonds is 4. The van der Waals surface area contributed by atoms with Crippen LogP contribution in [0.1, 0.15) is 30.9 Å². The molecule has 0 radical (unpaired) electrons. The van der Waals surface area contributed by atoms with E-state index < -0.39 is 11.9 Å². The number of carboxylic acids is 1. The average molecular weight is 280 g/mol. The highest BCUT2D eigenvalue weighted by Crippen LogP contribution is 2.15. The smallest absolute Gasteiger partial charge is 0.354 e. The molecule has 7 nitrogen and oxygen atoms in total. The Kier molecular flexibility index (Phi) is 3.61. The number of nitrogens with zero attached hydrogens (tertiary/aromatic N) is 3. The predicted octanol–water partition coefficient (Wildman–Crippen LogP) is 1.15. The summed E-state index contributed by atoms with van der Waals surface area (Å²) in [6, 6.07) is 0. The molecule has 2 heterocycles. The number of carbonyl (C=O) groups excluding carboxylic acids is 1. The summed E-state index contributed by atoms with van der Waals surface area (Å²) in [6.07, 6.45) is 2.90. The van der Waals surface area contributed by atoms with E-state index in [4.69, 9.17) is 5.11 Å². The Morgan fingerprint density at radius 3 is 2.79 bits per heavy atom. The monoisotopic (exact) mass is 280 g/mol. The third-order valence-electron chi connectivity index (χ3n) is 2.46. The van der Waals surface area contributed by atoms with E-state index in [-0.39, 0.29) is 11.4 Å². The minimum Gasteiger partial charge on any atom is -0.477 e. The van der Waals surface area contributed by atoms with Crippen molar-refractivity contribution < 1.29 is 14.7 Å². The summed E-state index contributed by atoms with van der Waals surface area (Å²) in [5.74, 6) is -1.65. The van der Waals surface area contributed by atoms with Gasteiger partial charge < -0.3 is 15.0 Å². The van der Waals surface area contributed by atoms with E-state index in [9.17, 15) is 9.59 Å². The molecule has 0 saturated heterocycles. The SMILES string of the molecule is Cc1ncc(CN(C)C(=O)c2nc[nH]c2C(=O)O)s1. The second-order valence-corrected chi connectivity index (χ2v) is 5.26. The molecule has 1 amide bonds. The fourth-order valence-corrected chi connectivity index (χ4v) is 2.43. The molecule has 2 aromatic heterocycles. The van der Waals surface area contributed by atoms with Crippen LogP contribution in [0.5, 0.6) is 0 Å². The summed E-state index contributed by atoms with van der Waals surface area (Å²) >= 11 is 1.49. The fraction of sp³-hybridized carbons (Fsp3) is 0.273. The Hall–Kier alpha value is -2.22. The first-order valence-corrected chi connectivity index (χ1v) is 6.24. The molecule has 0 aliphatic heterocycles. The van der Waals surface area contributed by atoms with Gasteiger partial charge in [0.05, 0.1) is 17.9 Å². The minimum atomic E-state index is -1.21. The van der Waals surface area contributed by atoms with E-state index in [1.165, 1.54) is 22.6 Å². The number of aryl methyl sites for hydroxylation is 1. The van der Waals surface area contributed by atoms with Crippen molar-refractivity contribution in [3.8, 4) is 0 Å². The van der Waals surface area contributed by atoms with Crippen LogP contribution in [0.2, 0.25) is 0 Å². The third kappa shape index (κ3) is 2.79. The number of hydrogen-bond donors (Lipinski definition) is 2. The topological polar surface area (TPSA) is 99.2 Å². The lowest BCUT2D eigenvalue weighted by molar-refractivity contribution is 0.0674. The summed E-state index contributed by atoms with van der Waals surface area (Å²) in [4.78, 5) is 35.7. The van der Waals surface area contributed by atoms with Crippen LogP contribution in [-0.2, 0) is 6.54 Å². The van der Waals surface area contributed by atoms with Crippen LogP contribution >= 0.6 is 11.3 Å². The van der Waals surface area contributed by atoms with Crippen LogP contribution in [-0.4, -0.2) is 43.9 Å². The normalized spacial score (nSPS) is 10.4. The maximum Gasteiger partial charge on any atom is 0.354 e. The molecular weight excluding hydrogens is 268 g/mol. The number of imidazole rings is 1. The number of hydrogen-bond acceptors (Lipinski definition) is 5. The molecule has 2 N–H and O–H groups in total. The lowest BCUT2D eigenvalue weighted by atomic mass is 10.3. The molecule has 0 aliphatic rings. The zero-order valence-electron chi connectivity index (χ0n) is 10.4. The highest BCUT2D eigenvalue weighted by atomic mass is 32.1. The summed E-state index contributed by atoms with van der Waals surface area (Å²) < 4.78 is 0. The number of thiazole rings is 1. The fourth-order valence-electron chi connectivity index (χ4n) is 1.58. The molecular formula is C11H12N4O3S. The highest BCUT2D eigenvalue weighted by Gasteiger charge is 2.22. The van der Waals surface area contributed by atoms with Crippen LogP contribution in [0.3, 0.4) is 0 Å². The van der Waals surface area contributed by atoms with E-state index in [0.717, 1.165) is 9.88 Å². The molecule has 0 saturated carbocycles. The molecule has 0 aromatic carbocycles. The molecule has 0 atom stereocenters. The van der Waals surface area contributed by atoms with Crippen LogP contribution in [0, 0.1) is 6.92 Å². The van der Waals surface area contributed by atoms with Crippen LogP contribution < -0.4 is 0 Å². The van der Waals surface area contributed by atoms with Gasteiger partial charge in [0, 0.05) is 18.1 Å². The van der Waals surface area contributed by atoms with Gasteiger partial charge in [0.15, 0.2) is 11.4 Å². The number of aromatic amines is 1. The van der Waals surface area contributed by atoms with Crippen molar-refractivity contribution in [1.82, 2.24) is 19.9 Å². The van der Waals surface area contributed by atoms with E-state index >= 15 is 0 Å². The Balaban J connectivity index is 2.15. The van der Waals surface area contributed by atoms with Gasteiger partial charge in [-0.25, -0.2) is 14.8 Å². The van der Waals surface area contributed by atoms with Crippen molar-refractivity contribution in [2.75, 3.05) is 7.05 Å². The second-order valence-electron chi connectivity index (χ2n) is 3.94. The number of aromatic carboxylic acids is 1. The number of aromatic nitrogens is 3. The summed E-state index contributed by atoms with van der Waals surface area (Å²) in [5.41, 5.74) is -0.284. The largest absolute Gasteiger partial charge is 0.477 e. The lowest BCUT2D eigenvalue weighted by Crippen LogP contribution is -2.27. The molecule has 100 valence electrons. The molecule has 0 spiro atoms. The van der Waals surface area contributed by atoms with Crippen LogP contribution in [0.15, 0.2) is 12.5 Å². The summed E-state index contributed by atoms with van der Waals surface area (Å²) in [6.45, 7) is 2.25. The molecule has 0 fully saturated rings. The number of H-pyrrole nitrogens is 1. The first kappa shape index (κ1) is 13.2.